The fraction of sp³-hybridized carbons (Fsp3) is 0.444. The first-order valence-electron chi connectivity index (χ1n) is 11.6. The van der Waals surface area contributed by atoms with Crippen LogP contribution in [0.1, 0.15) is 38.8 Å². The summed E-state index contributed by atoms with van der Waals surface area (Å²) in [4.78, 5) is 2.24. The Bertz CT molecular complexity index is 1010. The fourth-order valence-electron chi connectivity index (χ4n) is 3.73. The van der Waals surface area contributed by atoms with Gasteiger partial charge < -0.3 is 14.6 Å². The minimum atomic E-state index is -0.576. The largest absolute Gasteiger partial charge is 0.439 e. The topological polar surface area (TPSA) is 59.8 Å². The van der Waals surface area contributed by atoms with E-state index in [9.17, 15) is 5.11 Å². The first-order valence-corrected chi connectivity index (χ1v) is 11.6. The number of aliphatic hydroxyl groups is 1. The van der Waals surface area contributed by atoms with Crippen molar-refractivity contribution in [1.82, 2.24) is 14.7 Å². The average Bonchev–Trinajstić information content (AvgIpc) is 3.07. The number of ether oxygens (including phenoxy) is 2. The molecule has 3 rings (SSSR count). The zero-order valence-corrected chi connectivity index (χ0v) is 20.7. The molecule has 1 unspecified atom stereocenters. The van der Waals surface area contributed by atoms with E-state index in [1.807, 2.05) is 70.3 Å². The van der Waals surface area contributed by atoms with Crippen molar-refractivity contribution in [2.75, 3.05) is 13.2 Å². The van der Waals surface area contributed by atoms with Gasteiger partial charge in [-0.1, -0.05) is 42.5 Å². The van der Waals surface area contributed by atoms with Crippen LogP contribution < -0.4 is 4.74 Å². The molecule has 1 N–H and O–H groups in total. The Morgan fingerprint density at radius 3 is 2.39 bits per heavy atom. The van der Waals surface area contributed by atoms with E-state index < -0.39 is 6.10 Å². The zero-order chi connectivity index (χ0) is 24.0. The number of aromatic nitrogens is 2. The lowest BCUT2D eigenvalue weighted by molar-refractivity contribution is -0.0137. The van der Waals surface area contributed by atoms with E-state index >= 15 is 0 Å². The van der Waals surface area contributed by atoms with Gasteiger partial charge in [-0.2, -0.15) is 5.10 Å². The van der Waals surface area contributed by atoms with E-state index in [2.05, 4.69) is 30.9 Å². The number of hydrogen-bond donors (Lipinski definition) is 1. The summed E-state index contributed by atoms with van der Waals surface area (Å²) in [5.74, 6) is 1.48. The molecule has 6 nitrogen and oxygen atoms in total. The molecule has 0 radical (unpaired) electrons. The van der Waals surface area contributed by atoms with Crippen molar-refractivity contribution in [3.05, 3.63) is 65.7 Å². The number of hydrogen-bond acceptors (Lipinski definition) is 5. The molecule has 1 atom stereocenters. The van der Waals surface area contributed by atoms with Crippen molar-refractivity contribution < 1.29 is 14.6 Å². The maximum absolute atomic E-state index is 10.6. The molecule has 0 saturated carbocycles. The molecule has 33 heavy (non-hydrogen) atoms. The molecule has 0 aliphatic carbocycles. The molecular weight excluding hydrogens is 414 g/mol. The third kappa shape index (κ3) is 6.90. The van der Waals surface area contributed by atoms with Gasteiger partial charge in [0.2, 0.25) is 5.88 Å². The van der Waals surface area contributed by atoms with E-state index in [1.165, 1.54) is 0 Å². The van der Waals surface area contributed by atoms with Crippen LogP contribution in [0.2, 0.25) is 0 Å². The Labute approximate surface area is 197 Å². The van der Waals surface area contributed by atoms with Crippen LogP contribution in [-0.4, -0.2) is 51.2 Å². The van der Waals surface area contributed by atoms with Crippen LogP contribution in [0.25, 0.3) is 11.3 Å². The van der Waals surface area contributed by atoms with Gasteiger partial charge >= 0.3 is 0 Å². The lowest BCUT2D eigenvalue weighted by atomic mass is 10.1. The lowest BCUT2D eigenvalue weighted by Gasteiger charge is -2.29. The second-order valence-electron chi connectivity index (χ2n) is 9.10. The number of aryl methyl sites for hydroxylation is 2. The van der Waals surface area contributed by atoms with Gasteiger partial charge in [0, 0.05) is 31.7 Å². The molecule has 3 aromatic rings. The van der Waals surface area contributed by atoms with E-state index in [-0.39, 0.29) is 12.1 Å². The van der Waals surface area contributed by atoms with Gasteiger partial charge in [0.05, 0.1) is 24.4 Å². The van der Waals surface area contributed by atoms with Crippen molar-refractivity contribution in [2.45, 2.75) is 59.4 Å². The van der Waals surface area contributed by atoms with Gasteiger partial charge in [-0.25, -0.2) is 4.68 Å². The molecular formula is C27H37N3O3. The molecule has 6 heteroatoms. The summed E-state index contributed by atoms with van der Waals surface area (Å²) in [6.07, 6.45) is -0.489. The van der Waals surface area contributed by atoms with Crippen molar-refractivity contribution in [3.8, 4) is 22.9 Å². The second-order valence-corrected chi connectivity index (χ2v) is 9.10. The Kier molecular flexibility index (Phi) is 8.67. The third-order valence-corrected chi connectivity index (χ3v) is 5.50. The SMILES string of the molecule is Cc1cccc(Oc2c(CN(CC(O)COC(C)C)C(C)C)c(-c3ccccc3)nn2C)c1. The molecule has 0 amide bonds. The first kappa shape index (κ1) is 25.0. The molecule has 0 fully saturated rings. The van der Waals surface area contributed by atoms with Gasteiger partial charge in [0.15, 0.2) is 0 Å². The lowest BCUT2D eigenvalue weighted by Crippen LogP contribution is -2.39. The molecule has 1 heterocycles. The summed E-state index contributed by atoms with van der Waals surface area (Å²) < 4.78 is 13.8. The summed E-state index contributed by atoms with van der Waals surface area (Å²) >= 11 is 0. The quantitative estimate of drug-likeness (QED) is 0.435. The third-order valence-electron chi connectivity index (χ3n) is 5.50. The second kappa shape index (κ2) is 11.5. The van der Waals surface area contributed by atoms with Gasteiger partial charge in [0.25, 0.3) is 0 Å². The minimum Gasteiger partial charge on any atom is -0.439 e. The molecule has 0 aliphatic heterocycles. The summed E-state index contributed by atoms with van der Waals surface area (Å²) in [5.41, 5.74) is 4.06. The molecule has 0 spiro atoms. The van der Waals surface area contributed by atoms with Crippen molar-refractivity contribution >= 4 is 0 Å². The Morgan fingerprint density at radius 2 is 1.76 bits per heavy atom. The monoisotopic (exact) mass is 451 g/mol. The maximum atomic E-state index is 10.6. The maximum Gasteiger partial charge on any atom is 0.222 e. The molecule has 1 aromatic heterocycles. The Morgan fingerprint density at radius 1 is 1.03 bits per heavy atom. The van der Waals surface area contributed by atoms with E-state index in [1.54, 1.807) is 4.68 Å². The summed E-state index contributed by atoms with van der Waals surface area (Å²) in [6.45, 7) is 11.7. The predicted molar refractivity (Wildman–Crippen MR) is 133 cm³/mol. The van der Waals surface area contributed by atoms with Gasteiger partial charge in [0.1, 0.15) is 11.4 Å². The van der Waals surface area contributed by atoms with Crippen LogP contribution in [0.3, 0.4) is 0 Å². The van der Waals surface area contributed by atoms with Crippen molar-refractivity contribution in [1.29, 1.82) is 0 Å². The molecule has 178 valence electrons. The molecule has 0 aliphatic rings. The predicted octanol–water partition coefficient (Wildman–Crippen LogP) is 5.18. The highest BCUT2D eigenvalue weighted by Crippen LogP contribution is 2.34. The normalized spacial score (nSPS) is 12.7. The molecule has 2 aromatic carbocycles. The highest BCUT2D eigenvalue weighted by atomic mass is 16.5. The number of benzene rings is 2. The van der Waals surface area contributed by atoms with Crippen LogP contribution in [0, 0.1) is 6.92 Å². The average molecular weight is 452 g/mol. The standard InChI is InChI=1S/C27H37N3O3/c1-19(2)30(16-23(31)18-32-20(3)4)17-25-26(22-12-8-7-9-13-22)28-29(6)27(25)33-24-14-10-11-21(5)15-24/h7-15,19-20,23,31H,16-18H2,1-6H3. The molecule has 0 saturated heterocycles. The van der Waals surface area contributed by atoms with E-state index in [0.29, 0.717) is 25.6 Å². The summed E-state index contributed by atoms with van der Waals surface area (Å²) in [6, 6.07) is 18.4. The van der Waals surface area contributed by atoms with Crippen molar-refractivity contribution in [2.24, 2.45) is 7.05 Å². The minimum absolute atomic E-state index is 0.0875. The Hall–Kier alpha value is -2.67. The number of aliphatic hydroxyl groups excluding tert-OH is 1. The van der Waals surface area contributed by atoms with Gasteiger partial charge in [-0.05, 0) is 52.3 Å². The van der Waals surface area contributed by atoms with Crippen LogP contribution in [-0.2, 0) is 18.3 Å². The van der Waals surface area contributed by atoms with E-state index in [0.717, 1.165) is 28.1 Å². The Balaban J connectivity index is 1.95. The zero-order valence-electron chi connectivity index (χ0n) is 20.7. The fourth-order valence-corrected chi connectivity index (χ4v) is 3.73. The van der Waals surface area contributed by atoms with E-state index in [4.69, 9.17) is 14.6 Å². The number of rotatable bonds is 11. The highest BCUT2D eigenvalue weighted by Gasteiger charge is 2.24. The first-order chi connectivity index (χ1) is 15.7. The van der Waals surface area contributed by atoms with Crippen LogP contribution in [0.5, 0.6) is 11.6 Å². The molecule has 0 bridgehead atoms. The van der Waals surface area contributed by atoms with Crippen LogP contribution in [0.15, 0.2) is 54.6 Å². The van der Waals surface area contributed by atoms with Crippen LogP contribution in [0.4, 0.5) is 0 Å². The van der Waals surface area contributed by atoms with Gasteiger partial charge in [-0.3, -0.25) is 4.90 Å². The smallest absolute Gasteiger partial charge is 0.222 e. The summed E-state index contributed by atoms with van der Waals surface area (Å²) in [5, 5.41) is 15.4. The summed E-state index contributed by atoms with van der Waals surface area (Å²) in [7, 11) is 1.91. The van der Waals surface area contributed by atoms with Crippen molar-refractivity contribution in [3.63, 3.8) is 0 Å². The highest BCUT2D eigenvalue weighted by molar-refractivity contribution is 5.65. The van der Waals surface area contributed by atoms with Crippen LogP contribution >= 0.6 is 0 Å². The van der Waals surface area contributed by atoms with Gasteiger partial charge in [-0.15, -0.1) is 0 Å². The number of nitrogens with zero attached hydrogens (tertiary/aromatic N) is 3.